The normalized spacial score (nSPS) is 10.2. The molecule has 2 aromatic carbocycles. The highest BCUT2D eigenvalue weighted by Crippen LogP contribution is 2.11. The van der Waals surface area contributed by atoms with Crippen LogP contribution >= 0.6 is 0 Å². The van der Waals surface area contributed by atoms with E-state index in [0.29, 0.717) is 11.3 Å². The predicted octanol–water partition coefficient (Wildman–Crippen LogP) is 2.91. The van der Waals surface area contributed by atoms with Crippen LogP contribution in [0.2, 0.25) is 0 Å². The van der Waals surface area contributed by atoms with E-state index in [2.05, 4.69) is 5.32 Å². The zero-order valence-electron chi connectivity index (χ0n) is 15.8. The molecule has 0 aliphatic carbocycles. The Morgan fingerprint density at radius 2 is 1.69 bits per heavy atom. The highest BCUT2D eigenvalue weighted by atomic mass is 16.7. The lowest BCUT2D eigenvalue weighted by Gasteiger charge is -2.10. The Labute approximate surface area is 167 Å². The monoisotopic (exact) mass is 392 g/mol. The smallest absolute Gasteiger partial charge is 0.338 e. The van der Waals surface area contributed by atoms with Crippen molar-refractivity contribution in [2.45, 2.75) is 13.5 Å². The third kappa shape index (κ3) is 5.10. The third-order valence-corrected chi connectivity index (χ3v) is 4.03. The van der Waals surface area contributed by atoms with Crippen molar-refractivity contribution >= 4 is 17.6 Å². The number of anilines is 1. The van der Waals surface area contributed by atoms with Crippen LogP contribution in [0.4, 0.5) is 5.69 Å². The Morgan fingerprint density at radius 3 is 2.38 bits per heavy atom. The molecule has 0 bridgehead atoms. The highest BCUT2D eigenvalue weighted by Gasteiger charge is 2.14. The van der Waals surface area contributed by atoms with E-state index in [9.17, 15) is 14.4 Å². The molecule has 3 aromatic rings. The molecule has 0 atom stereocenters. The van der Waals surface area contributed by atoms with Crippen LogP contribution in [0, 0.1) is 0 Å². The molecule has 3 rings (SSSR count). The molecule has 0 radical (unpaired) electrons. The molecule has 0 fully saturated rings. The van der Waals surface area contributed by atoms with Gasteiger partial charge in [-0.3, -0.25) is 9.59 Å². The minimum atomic E-state index is -0.573. The van der Waals surface area contributed by atoms with Crippen LogP contribution in [0.5, 0.6) is 0 Å². The number of pyridine rings is 1. The molecule has 1 N–H and O–H groups in total. The van der Waals surface area contributed by atoms with E-state index in [1.165, 1.54) is 12.3 Å². The number of nitrogens with zero attached hydrogens (tertiary/aromatic N) is 1. The summed E-state index contributed by atoms with van der Waals surface area (Å²) in [5.41, 5.74) is 1.10. The summed E-state index contributed by atoms with van der Waals surface area (Å²) in [6.07, 6.45) is 1.45. The van der Waals surface area contributed by atoms with Gasteiger partial charge in [-0.15, -0.1) is 0 Å². The number of carbonyl (C=O) groups is 2. The van der Waals surface area contributed by atoms with E-state index in [4.69, 9.17) is 9.57 Å². The lowest BCUT2D eigenvalue weighted by atomic mass is 10.2. The first-order valence-corrected chi connectivity index (χ1v) is 9.06. The van der Waals surface area contributed by atoms with E-state index in [1.807, 2.05) is 30.3 Å². The largest absolute Gasteiger partial charge is 0.462 e. The molecular formula is C22H20N2O5. The Morgan fingerprint density at radius 1 is 0.966 bits per heavy atom. The first-order chi connectivity index (χ1) is 14.1. The minimum absolute atomic E-state index is 0.0602. The van der Waals surface area contributed by atoms with Crippen molar-refractivity contribution < 1.29 is 19.2 Å². The van der Waals surface area contributed by atoms with Gasteiger partial charge in [-0.1, -0.05) is 30.3 Å². The predicted molar refractivity (Wildman–Crippen MR) is 108 cm³/mol. The lowest BCUT2D eigenvalue weighted by molar-refractivity contribution is 0.0526. The SMILES string of the molecule is CCOC(=O)c1ccc(NC(=O)c2cccn(OCc3ccccc3)c2=O)cc1. The second-order valence-electron chi connectivity index (χ2n) is 6.06. The van der Waals surface area contributed by atoms with Crippen molar-refractivity contribution in [1.82, 2.24) is 4.73 Å². The fraction of sp³-hybridized carbons (Fsp3) is 0.136. The molecule has 0 unspecified atom stereocenters. The van der Waals surface area contributed by atoms with Gasteiger partial charge in [0.15, 0.2) is 0 Å². The average molecular weight is 392 g/mol. The molecule has 0 saturated carbocycles. The van der Waals surface area contributed by atoms with E-state index in [0.717, 1.165) is 10.3 Å². The summed E-state index contributed by atoms with van der Waals surface area (Å²) < 4.78 is 5.95. The lowest BCUT2D eigenvalue weighted by Crippen LogP contribution is -2.32. The molecule has 7 nitrogen and oxygen atoms in total. The van der Waals surface area contributed by atoms with Gasteiger partial charge < -0.3 is 14.9 Å². The maximum atomic E-state index is 12.6. The first-order valence-electron chi connectivity index (χ1n) is 9.06. The van der Waals surface area contributed by atoms with E-state index in [1.54, 1.807) is 37.3 Å². The van der Waals surface area contributed by atoms with Gasteiger partial charge >= 0.3 is 5.97 Å². The van der Waals surface area contributed by atoms with Crippen LogP contribution in [0.25, 0.3) is 0 Å². The average Bonchev–Trinajstić information content (AvgIpc) is 2.74. The molecule has 0 spiro atoms. The second-order valence-corrected chi connectivity index (χ2v) is 6.06. The molecule has 1 amide bonds. The van der Waals surface area contributed by atoms with Crippen molar-refractivity contribution in [3.8, 4) is 0 Å². The van der Waals surface area contributed by atoms with Crippen LogP contribution in [0.3, 0.4) is 0 Å². The summed E-state index contributed by atoms with van der Waals surface area (Å²) >= 11 is 0. The van der Waals surface area contributed by atoms with Gasteiger partial charge in [-0.05, 0) is 48.9 Å². The topological polar surface area (TPSA) is 86.6 Å². The molecule has 7 heteroatoms. The number of aromatic nitrogens is 1. The Kier molecular flexibility index (Phi) is 6.42. The number of amides is 1. The zero-order chi connectivity index (χ0) is 20.6. The summed E-state index contributed by atoms with van der Waals surface area (Å²) in [7, 11) is 0. The van der Waals surface area contributed by atoms with Crippen LogP contribution in [-0.4, -0.2) is 23.2 Å². The zero-order valence-corrected chi connectivity index (χ0v) is 15.8. The van der Waals surface area contributed by atoms with Crippen LogP contribution in [0.15, 0.2) is 77.7 Å². The quantitative estimate of drug-likeness (QED) is 0.625. The Balaban J connectivity index is 1.69. The molecule has 148 valence electrons. The molecule has 1 heterocycles. The van der Waals surface area contributed by atoms with E-state index < -0.39 is 17.4 Å². The van der Waals surface area contributed by atoms with Gasteiger partial charge in [0.2, 0.25) is 0 Å². The van der Waals surface area contributed by atoms with Crippen LogP contribution in [0.1, 0.15) is 33.2 Å². The van der Waals surface area contributed by atoms with Crippen molar-refractivity contribution in [3.63, 3.8) is 0 Å². The van der Waals surface area contributed by atoms with Crippen LogP contribution in [-0.2, 0) is 11.3 Å². The van der Waals surface area contributed by atoms with Crippen molar-refractivity contribution in [2.75, 3.05) is 11.9 Å². The highest BCUT2D eigenvalue weighted by molar-refractivity contribution is 6.04. The summed E-state index contributed by atoms with van der Waals surface area (Å²) in [5.74, 6) is -1.01. The van der Waals surface area contributed by atoms with Gasteiger partial charge in [0.1, 0.15) is 12.2 Å². The summed E-state index contributed by atoms with van der Waals surface area (Å²) in [4.78, 5) is 42.2. The molecule has 1 aromatic heterocycles. The minimum Gasteiger partial charge on any atom is -0.462 e. The standard InChI is InChI=1S/C22H20N2O5/c1-2-28-22(27)17-10-12-18(13-11-17)23-20(25)19-9-6-14-24(21(19)26)29-15-16-7-4-3-5-8-16/h3-14H,2,15H2,1H3,(H,23,25). The fourth-order valence-corrected chi connectivity index (χ4v) is 2.57. The Hall–Kier alpha value is -3.87. The molecule has 0 saturated heterocycles. The van der Waals surface area contributed by atoms with Gasteiger partial charge in [0, 0.05) is 11.9 Å². The number of hydrogen-bond donors (Lipinski definition) is 1. The van der Waals surface area contributed by atoms with Crippen molar-refractivity contribution in [3.05, 3.63) is 100.0 Å². The molecular weight excluding hydrogens is 372 g/mol. The summed E-state index contributed by atoms with van der Waals surface area (Å²) in [5, 5.41) is 2.64. The molecule has 0 aliphatic heterocycles. The number of rotatable bonds is 7. The van der Waals surface area contributed by atoms with Gasteiger partial charge in [-0.2, -0.15) is 4.73 Å². The van der Waals surface area contributed by atoms with Gasteiger partial charge in [0.05, 0.1) is 12.2 Å². The number of hydrogen-bond acceptors (Lipinski definition) is 5. The number of esters is 1. The number of benzene rings is 2. The first kappa shape index (κ1) is 19.9. The number of nitrogens with one attached hydrogen (secondary N) is 1. The van der Waals surface area contributed by atoms with Gasteiger partial charge in [-0.25, -0.2) is 4.79 Å². The summed E-state index contributed by atoms with van der Waals surface area (Å²) in [6.45, 7) is 2.20. The Bertz CT molecular complexity index is 1040. The maximum Gasteiger partial charge on any atom is 0.338 e. The number of ether oxygens (including phenoxy) is 1. The van der Waals surface area contributed by atoms with Crippen molar-refractivity contribution in [1.29, 1.82) is 0 Å². The van der Waals surface area contributed by atoms with E-state index >= 15 is 0 Å². The maximum absolute atomic E-state index is 12.6. The second kappa shape index (κ2) is 9.36. The molecule has 0 aliphatic rings. The van der Waals surface area contributed by atoms with Gasteiger partial charge in [0.25, 0.3) is 11.5 Å². The fourth-order valence-electron chi connectivity index (χ4n) is 2.57. The molecule has 29 heavy (non-hydrogen) atoms. The van der Waals surface area contributed by atoms with E-state index in [-0.39, 0.29) is 18.8 Å². The van der Waals surface area contributed by atoms with Crippen molar-refractivity contribution in [2.24, 2.45) is 0 Å². The third-order valence-electron chi connectivity index (χ3n) is 4.03. The van der Waals surface area contributed by atoms with Crippen LogP contribution < -0.4 is 15.7 Å². The number of carbonyl (C=O) groups excluding carboxylic acids is 2. The summed E-state index contributed by atoms with van der Waals surface area (Å²) in [6, 6.07) is 18.6.